The van der Waals surface area contributed by atoms with Crippen molar-refractivity contribution in [2.24, 2.45) is 11.1 Å². The zero-order chi connectivity index (χ0) is 16.3. The normalized spacial score (nSPS) is 18.1. The van der Waals surface area contributed by atoms with Gasteiger partial charge in [0.05, 0.1) is 10.9 Å². The highest BCUT2D eigenvalue weighted by Crippen LogP contribution is 2.31. The fourth-order valence-electron chi connectivity index (χ4n) is 3.07. The molecule has 0 aromatic heterocycles. The molecule has 1 aromatic rings. The highest BCUT2D eigenvalue weighted by atomic mass is 32.2. The van der Waals surface area contributed by atoms with Crippen molar-refractivity contribution in [3.05, 3.63) is 29.3 Å². The predicted octanol–water partition coefficient (Wildman–Crippen LogP) is 2.26. The first-order valence-corrected chi connectivity index (χ1v) is 9.37. The van der Waals surface area contributed by atoms with Crippen LogP contribution in [0.15, 0.2) is 23.1 Å². The summed E-state index contributed by atoms with van der Waals surface area (Å²) in [4.78, 5) is 12.4. The quantitative estimate of drug-likeness (QED) is 0.870. The molecule has 22 heavy (non-hydrogen) atoms. The van der Waals surface area contributed by atoms with Crippen molar-refractivity contribution in [1.82, 2.24) is 5.32 Å². The van der Waals surface area contributed by atoms with E-state index in [1.165, 1.54) is 6.07 Å². The van der Waals surface area contributed by atoms with Crippen molar-refractivity contribution in [1.29, 1.82) is 0 Å². The molecule has 1 unspecified atom stereocenters. The number of hydrogen-bond acceptors (Lipinski definition) is 3. The second-order valence-electron chi connectivity index (χ2n) is 5.87. The van der Waals surface area contributed by atoms with E-state index in [0.717, 1.165) is 43.2 Å². The van der Waals surface area contributed by atoms with Gasteiger partial charge in [0, 0.05) is 5.92 Å². The first-order chi connectivity index (χ1) is 10.4. The molecule has 2 rings (SSSR count). The van der Waals surface area contributed by atoms with E-state index in [0.29, 0.717) is 0 Å². The van der Waals surface area contributed by atoms with E-state index in [1.807, 2.05) is 13.8 Å². The number of hydrogen-bond donors (Lipinski definition) is 2. The summed E-state index contributed by atoms with van der Waals surface area (Å²) >= 11 is 0. The molecule has 1 aliphatic rings. The first kappa shape index (κ1) is 17.0. The van der Waals surface area contributed by atoms with Crippen LogP contribution in [0.2, 0.25) is 0 Å². The highest BCUT2D eigenvalue weighted by molar-refractivity contribution is 7.89. The van der Waals surface area contributed by atoms with Gasteiger partial charge in [0.25, 0.3) is 0 Å². The molecule has 0 saturated heterocycles. The van der Waals surface area contributed by atoms with Crippen LogP contribution in [0.5, 0.6) is 0 Å². The summed E-state index contributed by atoms with van der Waals surface area (Å²) in [5.74, 6) is 0.118. The van der Waals surface area contributed by atoms with Crippen LogP contribution in [0.25, 0.3) is 0 Å². The molecular formula is C16H24N2O3S. The summed E-state index contributed by atoms with van der Waals surface area (Å²) in [6.07, 6.45) is 4.27. The monoisotopic (exact) mass is 324 g/mol. The number of sulfonamides is 1. The van der Waals surface area contributed by atoms with Gasteiger partial charge in [-0.05, 0) is 55.4 Å². The van der Waals surface area contributed by atoms with Gasteiger partial charge in [0.2, 0.25) is 15.9 Å². The molecule has 0 spiro atoms. The van der Waals surface area contributed by atoms with Gasteiger partial charge >= 0.3 is 0 Å². The number of rotatable bonds is 5. The maximum atomic E-state index is 12.3. The number of primary sulfonamides is 1. The number of nitrogens with one attached hydrogen (secondary N) is 1. The molecule has 1 atom stereocenters. The van der Waals surface area contributed by atoms with Gasteiger partial charge in [-0.3, -0.25) is 4.79 Å². The number of benzene rings is 1. The lowest BCUT2D eigenvalue weighted by Crippen LogP contribution is -2.35. The molecule has 5 nitrogen and oxygen atoms in total. The minimum Gasteiger partial charge on any atom is -0.349 e. The third kappa shape index (κ3) is 3.67. The van der Waals surface area contributed by atoms with E-state index in [1.54, 1.807) is 12.1 Å². The number of nitrogens with two attached hydrogens (primary N) is 1. The van der Waals surface area contributed by atoms with Gasteiger partial charge in [-0.15, -0.1) is 0 Å². The number of carbonyl (C=O) groups is 1. The third-order valence-electron chi connectivity index (χ3n) is 4.43. The van der Waals surface area contributed by atoms with Crippen molar-refractivity contribution in [2.75, 3.05) is 0 Å². The van der Waals surface area contributed by atoms with E-state index in [2.05, 4.69) is 5.32 Å². The predicted molar refractivity (Wildman–Crippen MR) is 85.7 cm³/mol. The SMILES string of the molecule is CCC(CC)C(=O)NC1CCCc2cc(S(N)(=O)=O)ccc21. The zero-order valence-electron chi connectivity index (χ0n) is 13.1. The Morgan fingerprint density at radius 2 is 2.05 bits per heavy atom. The van der Waals surface area contributed by atoms with Gasteiger partial charge in [0.1, 0.15) is 0 Å². The van der Waals surface area contributed by atoms with Gasteiger partial charge in [0.15, 0.2) is 0 Å². The van der Waals surface area contributed by atoms with Crippen LogP contribution in [-0.2, 0) is 21.2 Å². The molecule has 3 N–H and O–H groups in total. The van der Waals surface area contributed by atoms with E-state index in [9.17, 15) is 13.2 Å². The Kier molecular flexibility index (Phi) is 5.24. The Morgan fingerprint density at radius 1 is 1.36 bits per heavy atom. The molecule has 6 heteroatoms. The van der Waals surface area contributed by atoms with Crippen LogP contribution < -0.4 is 10.5 Å². The van der Waals surface area contributed by atoms with E-state index >= 15 is 0 Å². The van der Waals surface area contributed by atoms with Gasteiger partial charge < -0.3 is 5.32 Å². The second kappa shape index (κ2) is 6.79. The van der Waals surface area contributed by atoms with Crippen molar-refractivity contribution >= 4 is 15.9 Å². The number of aryl methyl sites for hydroxylation is 1. The van der Waals surface area contributed by atoms with Crippen LogP contribution in [0.1, 0.15) is 56.7 Å². The molecule has 0 heterocycles. The second-order valence-corrected chi connectivity index (χ2v) is 7.43. The Balaban J connectivity index is 2.24. The molecular weight excluding hydrogens is 300 g/mol. The maximum Gasteiger partial charge on any atom is 0.238 e. The fraction of sp³-hybridized carbons (Fsp3) is 0.562. The summed E-state index contributed by atoms with van der Waals surface area (Å²) in [6.45, 7) is 4.03. The van der Waals surface area contributed by atoms with Crippen molar-refractivity contribution in [3.63, 3.8) is 0 Å². The summed E-state index contributed by atoms with van der Waals surface area (Å²) in [5, 5.41) is 8.30. The molecule has 0 bridgehead atoms. The third-order valence-corrected chi connectivity index (χ3v) is 5.34. The maximum absolute atomic E-state index is 12.3. The molecule has 0 fully saturated rings. The Morgan fingerprint density at radius 3 is 2.64 bits per heavy atom. The first-order valence-electron chi connectivity index (χ1n) is 7.82. The van der Waals surface area contributed by atoms with Gasteiger partial charge in [-0.2, -0.15) is 0 Å². The Hall–Kier alpha value is -1.40. The molecule has 1 amide bonds. The smallest absolute Gasteiger partial charge is 0.238 e. The van der Waals surface area contributed by atoms with Crippen molar-refractivity contribution in [2.45, 2.75) is 56.9 Å². The minimum atomic E-state index is -3.69. The van der Waals surface area contributed by atoms with Crippen LogP contribution in [0.3, 0.4) is 0 Å². The highest BCUT2D eigenvalue weighted by Gasteiger charge is 2.25. The van der Waals surface area contributed by atoms with E-state index in [-0.39, 0.29) is 22.8 Å². The summed E-state index contributed by atoms with van der Waals surface area (Å²) < 4.78 is 22.9. The van der Waals surface area contributed by atoms with E-state index < -0.39 is 10.0 Å². The number of carbonyl (C=O) groups excluding carboxylic acids is 1. The van der Waals surface area contributed by atoms with Crippen LogP contribution in [-0.4, -0.2) is 14.3 Å². The average Bonchev–Trinajstić information content (AvgIpc) is 2.47. The Labute approximate surface area is 132 Å². The lowest BCUT2D eigenvalue weighted by molar-refractivity contribution is -0.126. The molecule has 0 radical (unpaired) electrons. The molecule has 0 saturated carbocycles. The number of fused-ring (bicyclic) bond motifs is 1. The van der Waals surface area contributed by atoms with Gasteiger partial charge in [-0.25, -0.2) is 13.6 Å². The summed E-state index contributed by atoms with van der Waals surface area (Å²) in [7, 11) is -3.69. The fourth-order valence-corrected chi connectivity index (χ4v) is 3.63. The van der Waals surface area contributed by atoms with Crippen molar-refractivity contribution in [3.8, 4) is 0 Å². The Bertz CT molecular complexity index is 651. The lowest BCUT2D eigenvalue weighted by Gasteiger charge is -2.28. The summed E-state index contributed by atoms with van der Waals surface area (Å²) in [6, 6.07) is 4.91. The number of amides is 1. The largest absolute Gasteiger partial charge is 0.349 e. The molecule has 1 aliphatic carbocycles. The summed E-state index contributed by atoms with van der Waals surface area (Å²) in [5.41, 5.74) is 1.98. The minimum absolute atomic E-state index is 0.0358. The molecule has 0 aliphatic heterocycles. The zero-order valence-corrected chi connectivity index (χ0v) is 13.9. The van der Waals surface area contributed by atoms with Gasteiger partial charge in [-0.1, -0.05) is 19.9 Å². The van der Waals surface area contributed by atoms with Crippen LogP contribution in [0, 0.1) is 5.92 Å². The standard InChI is InChI=1S/C16H24N2O3S/c1-3-11(4-2)16(19)18-15-7-5-6-12-10-13(22(17,20)21)8-9-14(12)15/h8-11,15H,3-7H2,1-2H3,(H,18,19)(H2,17,20,21). The average molecular weight is 324 g/mol. The topological polar surface area (TPSA) is 89.3 Å². The molecule has 1 aromatic carbocycles. The van der Waals surface area contributed by atoms with Crippen LogP contribution >= 0.6 is 0 Å². The molecule has 122 valence electrons. The lowest BCUT2D eigenvalue weighted by atomic mass is 9.87. The van der Waals surface area contributed by atoms with Crippen molar-refractivity contribution < 1.29 is 13.2 Å². The van der Waals surface area contributed by atoms with Crippen LogP contribution in [0.4, 0.5) is 0 Å². The van der Waals surface area contributed by atoms with E-state index in [4.69, 9.17) is 5.14 Å².